The molecule has 0 saturated heterocycles. The zero-order chi connectivity index (χ0) is 24.6. The summed E-state index contributed by atoms with van der Waals surface area (Å²) in [7, 11) is 0. The molecule has 5 N–H and O–H groups in total. The van der Waals surface area contributed by atoms with E-state index in [4.69, 9.17) is 5.11 Å². The Labute approximate surface area is 191 Å². The number of aromatic carboxylic acids is 1. The predicted octanol–water partition coefficient (Wildman–Crippen LogP) is 1.12. The van der Waals surface area contributed by atoms with Gasteiger partial charge in [-0.2, -0.15) is 0 Å². The van der Waals surface area contributed by atoms with Crippen molar-refractivity contribution in [2.24, 2.45) is 5.41 Å². The molecule has 0 spiro atoms. The lowest BCUT2D eigenvalue weighted by molar-refractivity contribution is -0.139. The van der Waals surface area contributed by atoms with Gasteiger partial charge in [0.1, 0.15) is 6.10 Å². The molecule has 0 aromatic heterocycles. The first kappa shape index (κ1) is 25.7. The molecule has 2 rings (SSSR count). The van der Waals surface area contributed by atoms with E-state index in [1.54, 1.807) is 24.3 Å². The van der Waals surface area contributed by atoms with Crippen LogP contribution in [-0.4, -0.2) is 58.1 Å². The number of Topliss-reactive ketones (excluding diaryl/α,β-unsaturated/α-hetero) is 1. The number of aliphatic hydroxyl groups excluding tert-OH is 2. The lowest BCUT2D eigenvalue weighted by Gasteiger charge is -2.27. The lowest BCUT2D eigenvalue weighted by Crippen LogP contribution is -2.46. The normalized spacial score (nSPS) is 12.0. The van der Waals surface area contributed by atoms with Crippen LogP contribution in [0.5, 0.6) is 0 Å². The molecule has 1 unspecified atom stereocenters. The molecule has 0 heterocycles. The molecule has 0 fully saturated rings. The average Bonchev–Trinajstić information content (AvgIpc) is 2.82. The molecule has 2 aromatic carbocycles. The number of nitrogens with one attached hydrogen (secondary N) is 2. The quantitative estimate of drug-likeness (QED) is 0.318. The predicted molar refractivity (Wildman–Crippen MR) is 120 cm³/mol. The number of hydrogen-bond acceptors (Lipinski definition) is 6. The van der Waals surface area contributed by atoms with Crippen LogP contribution in [0.3, 0.4) is 0 Å². The summed E-state index contributed by atoms with van der Waals surface area (Å²) in [6.07, 6.45) is -1.67. The summed E-state index contributed by atoms with van der Waals surface area (Å²) < 4.78 is 0. The number of carbonyl (C=O) groups excluding carboxylic acids is 3. The molecule has 9 nitrogen and oxygen atoms in total. The van der Waals surface area contributed by atoms with Crippen LogP contribution in [-0.2, 0) is 20.9 Å². The summed E-state index contributed by atoms with van der Waals surface area (Å²) in [4.78, 5) is 46.8. The van der Waals surface area contributed by atoms with E-state index in [1.165, 1.54) is 26.0 Å². The maximum atomic E-state index is 12.0. The minimum atomic E-state index is -1.44. The van der Waals surface area contributed by atoms with Crippen LogP contribution in [0.2, 0.25) is 0 Å². The maximum absolute atomic E-state index is 12.0. The molecular weight excluding hydrogens is 428 g/mol. The molecule has 0 saturated carbocycles. The number of carbonyl (C=O) groups is 4. The minimum absolute atomic E-state index is 0.112. The van der Waals surface area contributed by atoms with Crippen LogP contribution in [0.1, 0.15) is 36.2 Å². The Morgan fingerprint density at radius 1 is 0.909 bits per heavy atom. The molecule has 2 aromatic rings. The zero-order valence-electron chi connectivity index (χ0n) is 18.5. The summed E-state index contributed by atoms with van der Waals surface area (Å²) in [5.41, 5.74) is 1.67. The van der Waals surface area contributed by atoms with Crippen molar-refractivity contribution in [2.45, 2.75) is 32.9 Å². The Hall–Kier alpha value is -3.56. The Bertz CT molecular complexity index is 998. The number of hydrogen-bond donors (Lipinski definition) is 5. The van der Waals surface area contributed by atoms with E-state index in [1.807, 2.05) is 12.1 Å². The average molecular weight is 456 g/mol. The fourth-order valence-electron chi connectivity index (χ4n) is 2.85. The number of carboxylic acid groups (broad SMARTS) is 1. The van der Waals surface area contributed by atoms with Crippen molar-refractivity contribution in [1.82, 2.24) is 10.6 Å². The van der Waals surface area contributed by atoms with Crippen molar-refractivity contribution >= 4 is 23.6 Å². The molecule has 0 aliphatic carbocycles. The van der Waals surface area contributed by atoms with Crippen LogP contribution < -0.4 is 10.6 Å². The number of carboxylic acids is 1. The van der Waals surface area contributed by atoms with Crippen LogP contribution in [0.15, 0.2) is 48.5 Å². The highest BCUT2D eigenvalue weighted by molar-refractivity contribution is 6.36. The molecule has 0 aliphatic heterocycles. The van der Waals surface area contributed by atoms with Gasteiger partial charge in [0, 0.05) is 24.9 Å². The number of benzene rings is 2. The highest BCUT2D eigenvalue weighted by atomic mass is 16.4. The third-order valence-corrected chi connectivity index (χ3v) is 5.17. The van der Waals surface area contributed by atoms with Gasteiger partial charge in [-0.05, 0) is 28.8 Å². The van der Waals surface area contributed by atoms with E-state index >= 15 is 0 Å². The topological polar surface area (TPSA) is 153 Å². The van der Waals surface area contributed by atoms with Gasteiger partial charge in [-0.25, -0.2) is 4.79 Å². The Morgan fingerprint density at radius 3 is 1.97 bits per heavy atom. The number of aliphatic hydroxyl groups is 2. The molecule has 33 heavy (non-hydrogen) atoms. The second kappa shape index (κ2) is 11.3. The van der Waals surface area contributed by atoms with Crippen LogP contribution in [0.25, 0.3) is 11.1 Å². The second-order valence-electron chi connectivity index (χ2n) is 8.28. The van der Waals surface area contributed by atoms with Gasteiger partial charge in [-0.15, -0.1) is 0 Å². The van der Waals surface area contributed by atoms with Gasteiger partial charge in [-0.1, -0.05) is 50.2 Å². The molecule has 1 atom stereocenters. The highest BCUT2D eigenvalue weighted by Crippen LogP contribution is 2.21. The van der Waals surface area contributed by atoms with Crippen LogP contribution in [0, 0.1) is 5.41 Å². The standard InChI is InChI=1S/C24H28N2O7/c1-24(2,14-27)20(29)22(31)25-12-11-19(28)21(30)26-13-15-3-5-16(6-4-15)17-7-9-18(10-8-17)23(32)33/h3-10,20,27,29H,11-14H2,1-2H3,(H,25,31)(H,26,30)(H,32,33). The molecule has 176 valence electrons. The fourth-order valence-corrected chi connectivity index (χ4v) is 2.85. The third kappa shape index (κ3) is 7.23. The molecule has 0 radical (unpaired) electrons. The van der Waals surface area contributed by atoms with Gasteiger partial charge in [0.05, 0.1) is 12.2 Å². The Kier molecular flexibility index (Phi) is 8.84. The van der Waals surface area contributed by atoms with Gasteiger partial charge >= 0.3 is 5.97 Å². The van der Waals surface area contributed by atoms with E-state index in [-0.39, 0.29) is 31.7 Å². The van der Waals surface area contributed by atoms with E-state index < -0.39 is 35.1 Å². The fraction of sp³-hybridized carbons (Fsp3) is 0.333. The van der Waals surface area contributed by atoms with Crippen molar-refractivity contribution in [3.8, 4) is 11.1 Å². The van der Waals surface area contributed by atoms with Gasteiger partial charge < -0.3 is 26.0 Å². The van der Waals surface area contributed by atoms with Crippen molar-refractivity contribution < 1.29 is 34.5 Å². The molecule has 0 aliphatic rings. The molecule has 0 bridgehead atoms. The summed E-state index contributed by atoms with van der Waals surface area (Å²) in [5, 5.41) is 33.0. The van der Waals surface area contributed by atoms with Crippen molar-refractivity contribution in [3.63, 3.8) is 0 Å². The minimum Gasteiger partial charge on any atom is -0.478 e. The number of amides is 2. The molecule has 9 heteroatoms. The SMILES string of the molecule is CC(C)(CO)C(O)C(=O)NCCC(=O)C(=O)NCc1ccc(-c2ccc(C(=O)O)cc2)cc1. The van der Waals surface area contributed by atoms with Crippen molar-refractivity contribution in [1.29, 1.82) is 0 Å². The Morgan fingerprint density at radius 2 is 1.45 bits per heavy atom. The monoisotopic (exact) mass is 456 g/mol. The van der Waals surface area contributed by atoms with Crippen molar-refractivity contribution in [2.75, 3.05) is 13.2 Å². The van der Waals surface area contributed by atoms with Gasteiger partial charge in [0.25, 0.3) is 5.91 Å². The summed E-state index contributed by atoms with van der Waals surface area (Å²) in [5.74, 6) is -3.21. The van der Waals surface area contributed by atoms with Gasteiger partial charge in [0.2, 0.25) is 11.7 Å². The largest absolute Gasteiger partial charge is 0.478 e. The first-order chi connectivity index (χ1) is 15.5. The first-order valence-corrected chi connectivity index (χ1v) is 10.4. The molecular formula is C24H28N2O7. The lowest BCUT2D eigenvalue weighted by atomic mass is 9.87. The van der Waals surface area contributed by atoms with E-state index in [0.29, 0.717) is 0 Å². The highest BCUT2D eigenvalue weighted by Gasteiger charge is 2.32. The van der Waals surface area contributed by atoms with E-state index in [2.05, 4.69) is 10.6 Å². The summed E-state index contributed by atoms with van der Waals surface area (Å²) in [6.45, 7) is 2.69. The van der Waals surface area contributed by atoms with Crippen LogP contribution >= 0.6 is 0 Å². The summed E-state index contributed by atoms with van der Waals surface area (Å²) >= 11 is 0. The maximum Gasteiger partial charge on any atom is 0.335 e. The van der Waals surface area contributed by atoms with Gasteiger partial charge in [0.15, 0.2) is 0 Å². The number of ketones is 1. The van der Waals surface area contributed by atoms with Gasteiger partial charge in [-0.3, -0.25) is 14.4 Å². The van der Waals surface area contributed by atoms with Crippen molar-refractivity contribution in [3.05, 3.63) is 59.7 Å². The Balaban J connectivity index is 1.80. The smallest absolute Gasteiger partial charge is 0.335 e. The van der Waals surface area contributed by atoms with E-state index in [0.717, 1.165) is 16.7 Å². The first-order valence-electron chi connectivity index (χ1n) is 10.4. The molecule has 2 amide bonds. The number of rotatable bonds is 11. The summed E-state index contributed by atoms with van der Waals surface area (Å²) in [6, 6.07) is 13.7. The van der Waals surface area contributed by atoms with E-state index in [9.17, 15) is 29.4 Å². The third-order valence-electron chi connectivity index (χ3n) is 5.17. The second-order valence-corrected chi connectivity index (χ2v) is 8.28. The van der Waals surface area contributed by atoms with Crippen LogP contribution in [0.4, 0.5) is 0 Å². The zero-order valence-corrected chi connectivity index (χ0v) is 18.5.